The second-order valence-electron chi connectivity index (χ2n) is 4.27. The number of ether oxygens (including phenoxy) is 1. The summed E-state index contributed by atoms with van der Waals surface area (Å²) in [4.78, 5) is 12.2. The summed E-state index contributed by atoms with van der Waals surface area (Å²) in [6.07, 6.45) is 3.38. The molecule has 2 rings (SSSR count). The summed E-state index contributed by atoms with van der Waals surface area (Å²) in [7, 11) is 3.43. The molecule has 0 aromatic heterocycles. The summed E-state index contributed by atoms with van der Waals surface area (Å²) >= 11 is 0. The van der Waals surface area contributed by atoms with Crippen LogP contribution in [0.4, 0.5) is 5.69 Å². The van der Waals surface area contributed by atoms with E-state index in [1.54, 1.807) is 26.3 Å². The van der Waals surface area contributed by atoms with E-state index in [2.05, 4.69) is 5.32 Å². The number of para-hydroxylation sites is 1. The normalized spacial score (nSPS) is 10.5. The first kappa shape index (κ1) is 13.9. The third-order valence-corrected chi connectivity index (χ3v) is 3.00. The van der Waals surface area contributed by atoms with E-state index in [4.69, 9.17) is 4.74 Å². The maximum atomic E-state index is 12.2. The van der Waals surface area contributed by atoms with Crippen molar-refractivity contribution in [1.82, 2.24) is 0 Å². The minimum atomic E-state index is -0.0224. The van der Waals surface area contributed by atoms with Crippen LogP contribution < -0.4 is 10.1 Å². The van der Waals surface area contributed by atoms with E-state index in [1.807, 2.05) is 48.5 Å². The van der Waals surface area contributed by atoms with Gasteiger partial charge >= 0.3 is 0 Å². The number of benzene rings is 2. The first-order valence-electron chi connectivity index (χ1n) is 6.38. The van der Waals surface area contributed by atoms with E-state index in [-0.39, 0.29) is 5.78 Å². The van der Waals surface area contributed by atoms with Gasteiger partial charge in [0.15, 0.2) is 5.78 Å². The molecule has 0 amide bonds. The van der Waals surface area contributed by atoms with E-state index < -0.39 is 0 Å². The summed E-state index contributed by atoms with van der Waals surface area (Å²) in [5.74, 6) is 0.778. The number of carbonyl (C=O) groups excluding carboxylic acids is 1. The molecule has 3 nitrogen and oxygen atoms in total. The first-order chi connectivity index (χ1) is 9.74. The number of nitrogens with one attached hydrogen (secondary N) is 1. The first-order valence-corrected chi connectivity index (χ1v) is 6.38. The molecule has 2 aromatic carbocycles. The minimum absolute atomic E-state index is 0.0224. The molecule has 0 heterocycles. The Kier molecular flexibility index (Phi) is 4.56. The van der Waals surface area contributed by atoms with Gasteiger partial charge in [0.05, 0.1) is 7.11 Å². The number of hydrogen-bond acceptors (Lipinski definition) is 3. The molecule has 0 atom stereocenters. The fraction of sp³-hybridized carbons (Fsp3) is 0.118. The lowest BCUT2D eigenvalue weighted by Gasteiger charge is -2.05. The summed E-state index contributed by atoms with van der Waals surface area (Å²) < 4.78 is 5.10. The van der Waals surface area contributed by atoms with Crippen LogP contribution in [-0.2, 0) is 0 Å². The molecule has 0 spiro atoms. The summed E-state index contributed by atoms with van der Waals surface area (Å²) in [5, 5.41) is 3.02. The van der Waals surface area contributed by atoms with Crippen molar-refractivity contribution in [2.24, 2.45) is 0 Å². The lowest BCUT2D eigenvalue weighted by molar-refractivity contribution is 0.104. The molecule has 0 unspecified atom stereocenters. The monoisotopic (exact) mass is 267 g/mol. The van der Waals surface area contributed by atoms with Gasteiger partial charge in [0.1, 0.15) is 5.75 Å². The molecule has 0 aliphatic rings. The second kappa shape index (κ2) is 6.57. The van der Waals surface area contributed by atoms with Crippen LogP contribution in [0.1, 0.15) is 15.9 Å². The Morgan fingerprint density at radius 2 is 1.80 bits per heavy atom. The van der Waals surface area contributed by atoms with Crippen LogP contribution >= 0.6 is 0 Å². The highest BCUT2D eigenvalue weighted by molar-refractivity contribution is 6.10. The highest BCUT2D eigenvalue weighted by Crippen LogP contribution is 2.17. The maximum Gasteiger partial charge on any atom is 0.187 e. The van der Waals surface area contributed by atoms with Crippen molar-refractivity contribution >= 4 is 17.5 Å². The van der Waals surface area contributed by atoms with Gasteiger partial charge in [0.25, 0.3) is 0 Å². The molecule has 102 valence electrons. The maximum absolute atomic E-state index is 12.2. The summed E-state index contributed by atoms with van der Waals surface area (Å²) in [6, 6.07) is 15.0. The lowest BCUT2D eigenvalue weighted by atomic mass is 10.1. The highest BCUT2D eigenvalue weighted by atomic mass is 16.5. The van der Waals surface area contributed by atoms with E-state index in [0.29, 0.717) is 5.56 Å². The van der Waals surface area contributed by atoms with E-state index in [9.17, 15) is 4.79 Å². The van der Waals surface area contributed by atoms with Gasteiger partial charge < -0.3 is 10.1 Å². The number of anilines is 1. The Balaban J connectivity index is 2.15. The molecule has 3 heteroatoms. The predicted octanol–water partition coefficient (Wildman–Crippen LogP) is 3.63. The van der Waals surface area contributed by atoms with Gasteiger partial charge in [-0.25, -0.2) is 0 Å². The molecule has 0 saturated heterocycles. The zero-order chi connectivity index (χ0) is 14.4. The summed E-state index contributed by atoms with van der Waals surface area (Å²) in [6.45, 7) is 0. The van der Waals surface area contributed by atoms with Crippen LogP contribution in [0, 0.1) is 0 Å². The standard InChI is InChI=1S/C17H17NO2/c1-18-16-6-4-3-5-15(16)17(19)12-9-13-7-10-14(20-2)11-8-13/h3-12,18H,1-2H3/b12-9+. The zero-order valence-corrected chi connectivity index (χ0v) is 11.6. The van der Waals surface area contributed by atoms with Crippen LogP contribution in [0.3, 0.4) is 0 Å². The Hall–Kier alpha value is -2.55. The number of rotatable bonds is 5. The molecular weight excluding hydrogens is 250 g/mol. The third-order valence-electron chi connectivity index (χ3n) is 3.00. The van der Waals surface area contributed by atoms with Gasteiger partial charge in [-0.2, -0.15) is 0 Å². The topological polar surface area (TPSA) is 38.3 Å². The van der Waals surface area contributed by atoms with E-state index in [0.717, 1.165) is 17.0 Å². The fourth-order valence-electron chi connectivity index (χ4n) is 1.89. The van der Waals surface area contributed by atoms with Crippen LogP contribution in [0.15, 0.2) is 54.6 Å². The quantitative estimate of drug-likeness (QED) is 0.664. The molecule has 1 N–H and O–H groups in total. The van der Waals surface area contributed by atoms with Crippen molar-refractivity contribution in [2.45, 2.75) is 0 Å². The van der Waals surface area contributed by atoms with Gasteiger partial charge in [-0.1, -0.05) is 30.3 Å². The average Bonchev–Trinajstić information content (AvgIpc) is 2.53. The van der Waals surface area contributed by atoms with Crippen LogP contribution in [0.5, 0.6) is 5.75 Å². The van der Waals surface area contributed by atoms with E-state index >= 15 is 0 Å². The molecule has 0 aliphatic heterocycles. The number of allylic oxidation sites excluding steroid dienone is 1. The Morgan fingerprint density at radius 3 is 2.45 bits per heavy atom. The van der Waals surface area contributed by atoms with Crippen molar-refractivity contribution in [3.05, 3.63) is 65.7 Å². The average molecular weight is 267 g/mol. The van der Waals surface area contributed by atoms with Gasteiger partial charge in [-0.05, 0) is 35.9 Å². The molecule has 0 fully saturated rings. The molecule has 2 aromatic rings. The van der Waals surface area contributed by atoms with Gasteiger partial charge in [0, 0.05) is 18.3 Å². The zero-order valence-electron chi connectivity index (χ0n) is 11.6. The van der Waals surface area contributed by atoms with E-state index in [1.165, 1.54) is 0 Å². The van der Waals surface area contributed by atoms with Crippen molar-refractivity contribution in [3.63, 3.8) is 0 Å². The second-order valence-corrected chi connectivity index (χ2v) is 4.27. The van der Waals surface area contributed by atoms with Crippen LogP contribution in [-0.4, -0.2) is 19.9 Å². The third kappa shape index (κ3) is 3.26. The number of methoxy groups -OCH3 is 1. The minimum Gasteiger partial charge on any atom is -0.497 e. The van der Waals surface area contributed by atoms with Crippen molar-refractivity contribution in [1.29, 1.82) is 0 Å². The van der Waals surface area contributed by atoms with Crippen LogP contribution in [0.2, 0.25) is 0 Å². The van der Waals surface area contributed by atoms with Gasteiger partial charge in [0.2, 0.25) is 0 Å². The smallest absolute Gasteiger partial charge is 0.187 e. The predicted molar refractivity (Wildman–Crippen MR) is 82.3 cm³/mol. The molecule has 0 bridgehead atoms. The highest BCUT2D eigenvalue weighted by Gasteiger charge is 2.06. The SMILES string of the molecule is CNc1ccccc1C(=O)/C=C/c1ccc(OC)cc1. The Bertz CT molecular complexity index is 615. The molecule has 20 heavy (non-hydrogen) atoms. The molecule has 0 saturated carbocycles. The molecular formula is C17H17NO2. The van der Waals surface area contributed by atoms with Crippen molar-refractivity contribution in [3.8, 4) is 5.75 Å². The Morgan fingerprint density at radius 1 is 1.10 bits per heavy atom. The lowest BCUT2D eigenvalue weighted by Crippen LogP contribution is -2.00. The van der Waals surface area contributed by atoms with Gasteiger partial charge in [-0.15, -0.1) is 0 Å². The largest absolute Gasteiger partial charge is 0.497 e. The number of hydrogen-bond donors (Lipinski definition) is 1. The Labute approximate surface area is 118 Å². The number of ketones is 1. The molecule has 0 radical (unpaired) electrons. The summed E-state index contributed by atoms with van der Waals surface area (Å²) in [5.41, 5.74) is 2.46. The van der Waals surface area contributed by atoms with Crippen molar-refractivity contribution in [2.75, 3.05) is 19.5 Å². The van der Waals surface area contributed by atoms with Crippen LogP contribution in [0.25, 0.3) is 6.08 Å². The van der Waals surface area contributed by atoms with Crippen molar-refractivity contribution < 1.29 is 9.53 Å². The number of carbonyl (C=O) groups is 1. The van der Waals surface area contributed by atoms with Gasteiger partial charge in [-0.3, -0.25) is 4.79 Å². The molecule has 0 aliphatic carbocycles. The fourth-order valence-corrected chi connectivity index (χ4v) is 1.89.